The van der Waals surface area contributed by atoms with Crippen LogP contribution in [0.25, 0.3) is 0 Å². The number of allylic oxidation sites excluding steroid dienone is 1. The molecule has 0 spiro atoms. The zero-order valence-corrected chi connectivity index (χ0v) is 11.1. The summed E-state index contributed by atoms with van der Waals surface area (Å²) in [5.74, 6) is -0.164. The van der Waals surface area contributed by atoms with Gasteiger partial charge in [0.2, 0.25) is 0 Å². The van der Waals surface area contributed by atoms with E-state index in [4.69, 9.17) is 16.3 Å². The Morgan fingerprint density at radius 2 is 2.12 bits per heavy atom. The van der Waals surface area contributed by atoms with E-state index in [0.717, 1.165) is 33.2 Å². The first-order valence-electron chi connectivity index (χ1n) is 5.53. The summed E-state index contributed by atoms with van der Waals surface area (Å²) in [5, 5.41) is 0.723. The maximum atomic E-state index is 11.5. The molecule has 0 atom stereocenters. The molecular weight excluding hydrogens is 256 g/mol. The molecule has 2 nitrogen and oxygen atoms in total. The van der Waals surface area contributed by atoms with E-state index in [1.165, 1.54) is 0 Å². The zero-order valence-electron chi connectivity index (χ0n) is 9.53. The van der Waals surface area contributed by atoms with Gasteiger partial charge in [0, 0.05) is 21.2 Å². The van der Waals surface area contributed by atoms with Crippen LogP contribution in [0.3, 0.4) is 0 Å². The first-order valence-corrected chi connectivity index (χ1v) is 6.72. The first kappa shape index (κ1) is 12.5. The third-order valence-corrected chi connectivity index (χ3v) is 4.09. The average Bonchev–Trinajstić information content (AvgIpc) is 2.75. The molecule has 0 unspecified atom stereocenters. The smallest absolute Gasteiger partial charge is 0.334 e. The third kappa shape index (κ3) is 3.05. The minimum atomic E-state index is -0.164. The van der Waals surface area contributed by atoms with Gasteiger partial charge in [-0.1, -0.05) is 30.3 Å². The molecule has 1 fully saturated rings. The van der Waals surface area contributed by atoms with E-state index in [0.29, 0.717) is 6.61 Å². The van der Waals surface area contributed by atoms with Crippen LogP contribution >= 0.6 is 23.4 Å². The molecule has 0 bridgehead atoms. The summed E-state index contributed by atoms with van der Waals surface area (Å²) in [7, 11) is 0. The summed E-state index contributed by atoms with van der Waals surface area (Å²) < 4.78 is 4.97. The fraction of sp³-hybridized carbons (Fsp3) is 0.308. The predicted molar refractivity (Wildman–Crippen MR) is 70.2 cm³/mol. The number of hydrogen-bond acceptors (Lipinski definition) is 3. The topological polar surface area (TPSA) is 26.3 Å². The number of thioether (sulfide) groups is 1. The van der Waals surface area contributed by atoms with Crippen LogP contribution in [0, 0.1) is 0 Å². The lowest BCUT2D eigenvalue weighted by Crippen LogP contribution is -1.97. The van der Waals surface area contributed by atoms with Crippen LogP contribution < -0.4 is 0 Å². The Hall–Kier alpha value is -0.930. The highest BCUT2D eigenvalue weighted by Gasteiger charge is 2.22. The Balaban J connectivity index is 2.20. The van der Waals surface area contributed by atoms with Crippen LogP contribution in [0.4, 0.5) is 0 Å². The summed E-state index contributed by atoms with van der Waals surface area (Å²) >= 11 is 7.46. The molecule has 1 saturated heterocycles. The highest BCUT2D eigenvalue weighted by Crippen LogP contribution is 2.34. The first-order chi connectivity index (χ1) is 8.20. The predicted octanol–water partition coefficient (Wildman–Crippen LogP) is 4.04. The fourth-order valence-corrected chi connectivity index (χ4v) is 2.82. The van der Waals surface area contributed by atoms with Crippen molar-refractivity contribution in [3.8, 4) is 0 Å². The average molecular weight is 269 g/mol. The number of carbonyl (C=O) groups excluding carboxylic acids is 1. The van der Waals surface area contributed by atoms with Crippen molar-refractivity contribution >= 4 is 29.3 Å². The SMILES string of the molecule is CC/C(Sc1ccc(Cl)cc1)=C1\CCOC1=O. The highest BCUT2D eigenvalue weighted by atomic mass is 35.5. The summed E-state index contributed by atoms with van der Waals surface area (Å²) in [6.45, 7) is 2.57. The molecule has 90 valence electrons. The van der Waals surface area contributed by atoms with Crippen molar-refractivity contribution in [2.24, 2.45) is 0 Å². The van der Waals surface area contributed by atoms with E-state index >= 15 is 0 Å². The van der Waals surface area contributed by atoms with Crippen LogP contribution in [0.15, 0.2) is 39.6 Å². The van der Waals surface area contributed by atoms with Crippen molar-refractivity contribution in [3.63, 3.8) is 0 Å². The molecule has 0 aromatic heterocycles. The van der Waals surface area contributed by atoms with E-state index in [1.807, 2.05) is 24.3 Å². The number of rotatable bonds is 3. The molecule has 17 heavy (non-hydrogen) atoms. The second kappa shape index (κ2) is 5.61. The van der Waals surface area contributed by atoms with Gasteiger partial charge in [-0.25, -0.2) is 4.79 Å². The normalized spacial score (nSPS) is 18.1. The summed E-state index contributed by atoms with van der Waals surface area (Å²) in [4.78, 5) is 13.7. The Morgan fingerprint density at radius 1 is 1.41 bits per heavy atom. The van der Waals surface area contributed by atoms with Gasteiger partial charge in [0.1, 0.15) is 0 Å². The largest absolute Gasteiger partial charge is 0.462 e. The van der Waals surface area contributed by atoms with Gasteiger partial charge in [-0.05, 0) is 30.7 Å². The van der Waals surface area contributed by atoms with Crippen molar-refractivity contribution in [1.29, 1.82) is 0 Å². The lowest BCUT2D eigenvalue weighted by Gasteiger charge is -2.06. The summed E-state index contributed by atoms with van der Waals surface area (Å²) in [6, 6.07) is 7.64. The molecule has 4 heteroatoms. The van der Waals surface area contributed by atoms with Crippen molar-refractivity contribution in [3.05, 3.63) is 39.8 Å². The van der Waals surface area contributed by atoms with Gasteiger partial charge in [0.15, 0.2) is 0 Å². The summed E-state index contributed by atoms with van der Waals surface area (Å²) in [5.41, 5.74) is 0.826. The van der Waals surface area contributed by atoms with E-state index in [-0.39, 0.29) is 5.97 Å². The molecule has 1 aromatic carbocycles. The third-order valence-electron chi connectivity index (χ3n) is 2.54. The molecule has 0 aliphatic carbocycles. The number of ether oxygens (including phenoxy) is 1. The van der Waals surface area contributed by atoms with Gasteiger partial charge in [-0.15, -0.1) is 0 Å². The van der Waals surface area contributed by atoms with Gasteiger partial charge >= 0.3 is 5.97 Å². The minimum absolute atomic E-state index is 0.164. The maximum absolute atomic E-state index is 11.5. The van der Waals surface area contributed by atoms with Gasteiger partial charge in [-0.2, -0.15) is 0 Å². The Labute approximate surface area is 110 Å². The van der Waals surface area contributed by atoms with Crippen molar-refractivity contribution in [2.45, 2.75) is 24.7 Å². The minimum Gasteiger partial charge on any atom is -0.462 e. The van der Waals surface area contributed by atoms with Gasteiger partial charge in [-0.3, -0.25) is 0 Å². The molecular formula is C13H13ClO2S. The fourth-order valence-electron chi connectivity index (χ4n) is 1.68. The Morgan fingerprint density at radius 3 is 2.65 bits per heavy atom. The lowest BCUT2D eigenvalue weighted by atomic mass is 10.2. The molecule has 0 amide bonds. The Bertz CT molecular complexity index is 451. The molecule has 0 saturated carbocycles. The monoisotopic (exact) mass is 268 g/mol. The van der Waals surface area contributed by atoms with Crippen LogP contribution in [-0.2, 0) is 9.53 Å². The number of cyclic esters (lactones) is 1. The molecule has 1 heterocycles. The van der Waals surface area contributed by atoms with Crippen molar-refractivity contribution in [2.75, 3.05) is 6.61 Å². The number of carbonyl (C=O) groups is 1. The van der Waals surface area contributed by atoms with E-state index in [9.17, 15) is 4.79 Å². The van der Waals surface area contributed by atoms with E-state index < -0.39 is 0 Å². The van der Waals surface area contributed by atoms with Crippen LogP contribution in [0.2, 0.25) is 5.02 Å². The lowest BCUT2D eigenvalue weighted by molar-refractivity contribution is -0.135. The highest BCUT2D eigenvalue weighted by molar-refractivity contribution is 8.03. The molecule has 0 N–H and O–H groups in total. The van der Waals surface area contributed by atoms with Crippen molar-refractivity contribution in [1.82, 2.24) is 0 Å². The zero-order chi connectivity index (χ0) is 12.3. The second-order valence-corrected chi connectivity index (χ2v) is 5.30. The molecule has 0 radical (unpaired) electrons. The number of benzene rings is 1. The molecule has 1 aliphatic heterocycles. The molecule has 1 aromatic rings. The van der Waals surface area contributed by atoms with Gasteiger partial charge in [0.05, 0.1) is 12.2 Å². The van der Waals surface area contributed by atoms with Crippen LogP contribution in [0.5, 0.6) is 0 Å². The molecule has 2 rings (SSSR count). The quantitative estimate of drug-likeness (QED) is 0.470. The van der Waals surface area contributed by atoms with Crippen LogP contribution in [-0.4, -0.2) is 12.6 Å². The van der Waals surface area contributed by atoms with Crippen LogP contribution in [0.1, 0.15) is 19.8 Å². The maximum Gasteiger partial charge on any atom is 0.334 e. The standard InChI is InChI=1S/C13H13ClO2S/c1-2-12(11-7-8-16-13(11)15)17-10-5-3-9(14)4-6-10/h3-6H,2,7-8H2,1H3/b12-11-. The van der Waals surface area contributed by atoms with E-state index in [2.05, 4.69) is 6.92 Å². The second-order valence-electron chi connectivity index (χ2n) is 3.70. The number of esters is 1. The van der Waals surface area contributed by atoms with Crippen molar-refractivity contribution < 1.29 is 9.53 Å². The van der Waals surface area contributed by atoms with Gasteiger partial charge < -0.3 is 4.74 Å². The van der Waals surface area contributed by atoms with Gasteiger partial charge in [0.25, 0.3) is 0 Å². The number of hydrogen-bond donors (Lipinski definition) is 0. The number of halogens is 1. The molecule has 1 aliphatic rings. The van der Waals surface area contributed by atoms with E-state index in [1.54, 1.807) is 11.8 Å². The summed E-state index contributed by atoms with van der Waals surface area (Å²) in [6.07, 6.45) is 1.57. The Kier molecular flexibility index (Phi) is 4.13.